The van der Waals surface area contributed by atoms with Crippen LogP contribution in [0.1, 0.15) is 28.6 Å². The number of halogens is 1. The number of nitrogens with zero attached hydrogens (tertiary/aromatic N) is 2. The van der Waals surface area contributed by atoms with Crippen molar-refractivity contribution in [2.75, 3.05) is 10.6 Å². The molecular formula is C21H21FN5O+. The first kappa shape index (κ1) is 17.9. The van der Waals surface area contributed by atoms with E-state index in [1.807, 2.05) is 32.0 Å². The topological polar surface area (TPSA) is 72.9 Å². The van der Waals surface area contributed by atoms with E-state index in [-0.39, 0.29) is 11.4 Å². The normalized spacial score (nSPS) is 15.4. The molecule has 0 spiro atoms. The Hall–Kier alpha value is -3.48. The summed E-state index contributed by atoms with van der Waals surface area (Å²) in [6, 6.07) is 13.6. The molecular weight excluding hydrogens is 357 g/mol. The summed E-state index contributed by atoms with van der Waals surface area (Å²) in [6.07, 6.45) is -0.523. The molecule has 0 radical (unpaired) electrons. The van der Waals surface area contributed by atoms with Crippen LogP contribution in [0.2, 0.25) is 0 Å². The van der Waals surface area contributed by atoms with Crippen molar-refractivity contribution in [2.45, 2.75) is 26.9 Å². The smallest absolute Gasteiger partial charge is 0.269 e. The SMILES string of the molecule is Cc1cc(=O)n2c(n1)NC(Nc1cccc(C)c1C)=[NH+][C@@H]2c1ccc(F)cc1. The Labute approximate surface area is 161 Å². The molecule has 28 heavy (non-hydrogen) atoms. The van der Waals surface area contributed by atoms with Crippen LogP contribution in [0.5, 0.6) is 0 Å². The quantitative estimate of drug-likeness (QED) is 0.636. The summed E-state index contributed by atoms with van der Waals surface area (Å²) < 4.78 is 14.9. The van der Waals surface area contributed by atoms with Gasteiger partial charge < -0.3 is 0 Å². The van der Waals surface area contributed by atoms with Crippen molar-refractivity contribution >= 4 is 17.6 Å². The Morgan fingerprint density at radius 2 is 1.89 bits per heavy atom. The molecule has 7 heteroatoms. The summed E-state index contributed by atoms with van der Waals surface area (Å²) >= 11 is 0. The number of aromatic nitrogens is 2. The van der Waals surface area contributed by atoms with E-state index in [0.717, 1.165) is 16.8 Å². The zero-order valence-electron chi connectivity index (χ0n) is 15.9. The van der Waals surface area contributed by atoms with Gasteiger partial charge in [0.15, 0.2) is 6.17 Å². The lowest BCUT2D eigenvalue weighted by molar-refractivity contribution is -0.520. The summed E-state index contributed by atoms with van der Waals surface area (Å²) in [5, 5.41) is 6.50. The standard InChI is InChI=1S/C21H20FN5O/c1-12-5-4-6-17(14(12)3)24-20-25-19(15-7-9-16(22)10-8-15)27-18(28)11-13(2)23-21(27)26-20/h4-11,19H,1-3H3,(H2,23,24,25,26)/p+1/t19-/m0/s1. The summed E-state index contributed by atoms with van der Waals surface area (Å²) in [7, 11) is 0. The van der Waals surface area contributed by atoms with Crippen LogP contribution in [0.15, 0.2) is 53.3 Å². The van der Waals surface area contributed by atoms with E-state index in [9.17, 15) is 9.18 Å². The minimum absolute atomic E-state index is 0.192. The van der Waals surface area contributed by atoms with E-state index in [1.165, 1.54) is 28.3 Å². The zero-order chi connectivity index (χ0) is 19.8. The summed E-state index contributed by atoms with van der Waals surface area (Å²) in [6.45, 7) is 5.87. The highest BCUT2D eigenvalue weighted by atomic mass is 19.1. The summed E-state index contributed by atoms with van der Waals surface area (Å²) in [4.78, 5) is 20.4. The molecule has 1 aliphatic heterocycles. The number of aryl methyl sites for hydroxylation is 2. The third kappa shape index (κ3) is 3.26. The molecule has 0 bridgehead atoms. The van der Waals surface area contributed by atoms with Gasteiger partial charge in [0.2, 0.25) is 0 Å². The van der Waals surface area contributed by atoms with Crippen molar-refractivity contribution in [1.29, 1.82) is 0 Å². The number of fused-ring (bicyclic) bond motifs is 1. The lowest BCUT2D eigenvalue weighted by Gasteiger charge is -2.23. The third-order valence-corrected chi connectivity index (χ3v) is 4.91. The van der Waals surface area contributed by atoms with Crippen LogP contribution in [-0.2, 0) is 0 Å². The summed E-state index contributed by atoms with van der Waals surface area (Å²) in [5.74, 6) is 0.691. The first-order chi connectivity index (χ1) is 13.4. The van der Waals surface area contributed by atoms with Gasteiger partial charge in [-0.2, -0.15) is 0 Å². The number of hydrogen-bond acceptors (Lipinski definition) is 4. The van der Waals surface area contributed by atoms with Crippen LogP contribution in [-0.4, -0.2) is 15.5 Å². The van der Waals surface area contributed by atoms with Gasteiger partial charge in [-0.25, -0.2) is 24.6 Å². The van der Waals surface area contributed by atoms with Crippen molar-refractivity contribution in [3.05, 3.63) is 87.1 Å². The van der Waals surface area contributed by atoms with Crippen LogP contribution in [0.25, 0.3) is 0 Å². The highest BCUT2D eigenvalue weighted by molar-refractivity contribution is 5.99. The molecule has 0 saturated carbocycles. The minimum Gasteiger partial charge on any atom is -0.269 e. The van der Waals surface area contributed by atoms with Gasteiger partial charge in [0.1, 0.15) is 11.5 Å². The van der Waals surface area contributed by atoms with Gasteiger partial charge in [0.05, 0.1) is 0 Å². The monoisotopic (exact) mass is 378 g/mol. The Balaban J connectivity index is 1.81. The first-order valence-electron chi connectivity index (χ1n) is 9.02. The molecule has 0 fully saturated rings. The lowest BCUT2D eigenvalue weighted by Crippen LogP contribution is -2.82. The van der Waals surface area contributed by atoms with Crippen LogP contribution in [0.4, 0.5) is 16.0 Å². The van der Waals surface area contributed by atoms with Gasteiger partial charge in [-0.1, -0.05) is 24.3 Å². The number of nitrogens with one attached hydrogen (secondary N) is 3. The fourth-order valence-corrected chi connectivity index (χ4v) is 3.26. The van der Waals surface area contributed by atoms with E-state index in [0.29, 0.717) is 17.6 Å². The maximum absolute atomic E-state index is 13.4. The lowest BCUT2D eigenvalue weighted by atomic mass is 10.1. The number of anilines is 2. The second kappa shape index (κ2) is 6.92. The fraction of sp³-hybridized carbons (Fsp3) is 0.190. The molecule has 4 rings (SSSR count). The molecule has 0 saturated heterocycles. The first-order valence-corrected chi connectivity index (χ1v) is 9.02. The Morgan fingerprint density at radius 1 is 1.14 bits per heavy atom. The van der Waals surface area contributed by atoms with Gasteiger partial charge in [-0.3, -0.25) is 9.79 Å². The van der Waals surface area contributed by atoms with Gasteiger partial charge in [0, 0.05) is 17.3 Å². The van der Waals surface area contributed by atoms with Gasteiger partial charge in [0.25, 0.3) is 11.5 Å². The van der Waals surface area contributed by atoms with E-state index in [4.69, 9.17) is 0 Å². The van der Waals surface area contributed by atoms with Gasteiger partial charge >= 0.3 is 5.96 Å². The molecule has 1 atom stereocenters. The van der Waals surface area contributed by atoms with Gasteiger partial charge in [-0.15, -0.1) is 0 Å². The molecule has 1 aromatic heterocycles. The van der Waals surface area contributed by atoms with Crippen molar-refractivity contribution in [3.63, 3.8) is 0 Å². The zero-order valence-corrected chi connectivity index (χ0v) is 15.9. The molecule has 2 heterocycles. The van der Waals surface area contributed by atoms with Crippen LogP contribution >= 0.6 is 0 Å². The molecule has 0 aliphatic carbocycles. The maximum atomic E-state index is 13.4. The highest BCUT2D eigenvalue weighted by Crippen LogP contribution is 2.20. The Bertz CT molecular complexity index is 1130. The van der Waals surface area contributed by atoms with Crippen LogP contribution in [0.3, 0.4) is 0 Å². The van der Waals surface area contributed by atoms with Gasteiger partial charge in [-0.05, 0) is 50.1 Å². The molecule has 3 N–H and O–H groups in total. The molecule has 1 aliphatic rings. The van der Waals surface area contributed by atoms with Crippen LogP contribution < -0.4 is 21.2 Å². The molecule has 142 valence electrons. The van der Waals surface area contributed by atoms with E-state index in [1.54, 1.807) is 19.1 Å². The van der Waals surface area contributed by atoms with Crippen molar-refractivity contribution in [2.24, 2.45) is 0 Å². The summed E-state index contributed by atoms with van der Waals surface area (Å²) in [5.41, 5.74) is 4.41. The van der Waals surface area contributed by atoms with Crippen molar-refractivity contribution in [1.82, 2.24) is 9.55 Å². The largest absolute Gasteiger partial charge is 0.357 e. The average Bonchev–Trinajstić information content (AvgIpc) is 2.65. The maximum Gasteiger partial charge on any atom is 0.357 e. The molecule has 3 aromatic rings. The van der Waals surface area contributed by atoms with E-state index >= 15 is 0 Å². The fourth-order valence-electron chi connectivity index (χ4n) is 3.26. The molecule has 0 unspecified atom stereocenters. The van der Waals surface area contributed by atoms with E-state index in [2.05, 4.69) is 20.6 Å². The van der Waals surface area contributed by atoms with Crippen molar-refractivity contribution < 1.29 is 9.38 Å². The predicted octanol–water partition coefficient (Wildman–Crippen LogP) is 1.83. The molecule has 6 nitrogen and oxygen atoms in total. The number of hydrogen-bond donors (Lipinski definition) is 3. The second-order valence-corrected chi connectivity index (χ2v) is 6.90. The Morgan fingerprint density at radius 3 is 2.64 bits per heavy atom. The minimum atomic E-state index is -0.523. The number of guanidine groups is 1. The van der Waals surface area contributed by atoms with Crippen molar-refractivity contribution in [3.8, 4) is 0 Å². The predicted molar refractivity (Wildman–Crippen MR) is 107 cm³/mol. The van der Waals surface area contributed by atoms with Crippen LogP contribution in [0, 0.1) is 26.6 Å². The number of rotatable bonds is 2. The third-order valence-electron chi connectivity index (χ3n) is 4.91. The Kier molecular flexibility index (Phi) is 4.43. The highest BCUT2D eigenvalue weighted by Gasteiger charge is 2.29. The van der Waals surface area contributed by atoms with E-state index < -0.39 is 6.17 Å². The second-order valence-electron chi connectivity index (χ2n) is 6.90. The number of benzene rings is 2. The average molecular weight is 378 g/mol. The molecule has 2 aromatic carbocycles. The molecule has 0 amide bonds.